The molecule has 1 aliphatic rings. The van der Waals surface area contributed by atoms with Crippen molar-refractivity contribution in [2.75, 3.05) is 11.9 Å². The number of imidazole rings is 1. The van der Waals surface area contributed by atoms with Crippen molar-refractivity contribution in [3.8, 4) is 0 Å². The fourth-order valence-electron chi connectivity index (χ4n) is 4.62. The molecule has 3 aromatic carbocycles. The Labute approximate surface area is 211 Å². The summed E-state index contributed by atoms with van der Waals surface area (Å²) in [4.78, 5) is 48.8. The van der Waals surface area contributed by atoms with Gasteiger partial charge in [-0.25, -0.2) is 14.5 Å². The molecular formula is C27H23N7O3. The van der Waals surface area contributed by atoms with Gasteiger partial charge in [0.1, 0.15) is 12.7 Å². The molecule has 0 bridgehead atoms. The van der Waals surface area contributed by atoms with Crippen LogP contribution < -0.4 is 11.0 Å². The molecule has 5 aromatic rings. The Balaban J connectivity index is 1.14. The van der Waals surface area contributed by atoms with Crippen LogP contribution in [0.3, 0.4) is 0 Å². The zero-order chi connectivity index (χ0) is 25.4. The quantitative estimate of drug-likeness (QED) is 0.347. The first kappa shape index (κ1) is 22.5. The molecule has 2 aromatic heterocycles. The van der Waals surface area contributed by atoms with E-state index in [4.69, 9.17) is 0 Å². The lowest BCUT2D eigenvalue weighted by Gasteiger charge is -2.29. The summed E-state index contributed by atoms with van der Waals surface area (Å²) in [7, 11) is 0. The van der Waals surface area contributed by atoms with Crippen molar-refractivity contribution in [3.05, 3.63) is 112 Å². The van der Waals surface area contributed by atoms with Crippen LogP contribution in [0.15, 0.2) is 78.1 Å². The Morgan fingerprint density at radius 1 is 0.919 bits per heavy atom. The predicted molar refractivity (Wildman–Crippen MR) is 137 cm³/mol. The molecule has 0 aliphatic carbocycles. The second kappa shape index (κ2) is 9.23. The van der Waals surface area contributed by atoms with E-state index < -0.39 is 0 Å². The summed E-state index contributed by atoms with van der Waals surface area (Å²) in [5, 5.41) is 7.04. The maximum atomic E-state index is 13.2. The van der Waals surface area contributed by atoms with E-state index in [9.17, 15) is 14.4 Å². The van der Waals surface area contributed by atoms with Crippen LogP contribution >= 0.6 is 0 Å². The van der Waals surface area contributed by atoms with Crippen molar-refractivity contribution in [2.45, 2.75) is 19.5 Å². The zero-order valence-corrected chi connectivity index (χ0v) is 19.8. The molecule has 0 radical (unpaired) electrons. The van der Waals surface area contributed by atoms with Crippen LogP contribution in [-0.4, -0.2) is 48.0 Å². The molecule has 0 saturated heterocycles. The molecule has 184 valence electrons. The van der Waals surface area contributed by atoms with Crippen LogP contribution in [0.25, 0.3) is 11.0 Å². The third-order valence-corrected chi connectivity index (χ3v) is 6.55. The van der Waals surface area contributed by atoms with Crippen LogP contribution in [0.1, 0.15) is 37.4 Å². The van der Waals surface area contributed by atoms with E-state index in [0.717, 1.165) is 16.7 Å². The molecule has 0 fully saturated rings. The highest BCUT2D eigenvalue weighted by Gasteiger charge is 2.23. The Kier molecular flexibility index (Phi) is 5.61. The Morgan fingerprint density at radius 3 is 2.54 bits per heavy atom. The van der Waals surface area contributed by atoms with E-state index in [1.165, 1.54) is 6.33 Å². The number of carbonyl (C=O) groups is 2. The van der Waals surface area contributed by atoms with Gasteiger partial charge in [0.15, 0.2) is 0 Å². The monoisotopic (exact) mass is 493 g/mol. The van der Waals surface area contributed by atoms with Crippen LogP contribution in [-0.2, 0) is 19.5 Å². The van der Waals surface area contributed by atoms with E-state index in [1.807, 2.05) is 42.5 Å². The summed E-state index contributed by atoms with van der Waals surface area (Å²) < 4.78 is 1.73. The molecule has 10 nitrogen and oxygen atoms in total. The number of hydrogen-bond acceptors (Lipinski definition) is 5. The minimum atomic E-state index is -0.306. The average Bonchev–Trinajstić information content (AvgIpc) is 3.56. The maximum absolute atomic E-state index is 13.2. The fraction of sp³-hybridized carbons (Fsp3) is 0.148. The Hall–Kier alpha value is -4.99. The minimum Gasteiger partial charge on any atom is -0.334 e. The molecule has 0 atom stereocenters. The molecule has 37 heavy (non-hydrogen) atoms. The van der Waals surface area contributed by atoms with Crippen LogP contribution in [0, 0.1) is 0 Å². The summed E-state index contributed by atoms with van der Waals surface area (Å²) in [5.74, 6) is -0.326. The van der Waals surface area contributed by atoms with Crippen molar-refractivity contribution >= 4 is 28.5 Å². The molecule has 0 saturated carbocycles. The molecule has 1 aliphatic heterocycles. The highest BCUT2D eigenvalue weighted by molar-refractivity contribution is 6.04. The van der Waals surface area contributed by atoms with Gasteiger partial charge in [-0.2, -0.15) is 5.10 Å². The smallest absolute Gasteiger partial charge is 0.323 e. The Morgan fingerprint density at radius 2 is 1.73 bits per heavy atom. The molecule has 0 spiro atoms. The van der Waals surface area contributed by atoms with E-state index >= 15 is 0 Å². The number of H-pyrrole nitrogens is 2. The van der Waals surface area contributed by atoms with Gasteiger partial charge in [-0.1, -0.05) is 18.2 Å². The number of rotatable bonds is 5. The molecular weight excluding hydrogens is 470 g/mol. The third-order valence-electron chi connectivity index (χ3n) is 6.55. The van der Waals surface area contributed by atoms with Gasteiger partial charge in [-0.05, 0) is 65.6 Å². The van der Waals surface area contributed by atoms with Gasteiger partial charge in [0.25, 0.3) is 11.8 Å². The topological polar surface area (TPSA) is 129 Å². The summed E-state index contributed by atoms with van der Waals surface area (Å²) in [5.41, 5.74) is 5.81. The first-order chi connectivity index (χ1) is 18.0. The van der Waals surface area contributed by atoms with E-state index in [0.29, 0.717) is 53.9 Å². The van der Waals surface area contributed by atoms with Crippen molar-refractivity contribution in [1.29, 1.82) is 0 Å². The highest BCUT2D eigenvalue weighted by atomic mass is 16.2. The number of benzene rings is 3. The second-order valence-corrected chi connectivity index (χ2v) is 9.04. The SMILES string of the molecule is O=C(Nc1ccc(Cn2cncn2)cc1)c1ccc2c(c1)CN(C(=O)c1ccc3[nH]c(=O)[nH]c3c1)CC2. The van der Waals surface area contributed by atoms with Gasteiger partial charge in [-0.15, -0.1) is 0 Å². The predicted octanol–water partition coefficient (Wildman–Crippen LogP) is 2.95. The van der Waals surface area contributed by atoms with Gasteiger partial charge in [0.05, 0.1) is 17.6 Å². The standard InChI is InChI=1S/C27H23N7O3/c35-25(30-22-6-1-17(2-7-22)13-34-16-28-15-29-34)19-4-3-18-9-10-33(14-21(18)11-19)26(36)20-5-8-23-24(12-20)32-27(37)31-23/h1-8,11-12,15-16H,9-10,13-14H2,(H,30,35)(H2,31,32,37). The number of anilines is 1. The molecule has 2 amide bonds. The van der Waals surface area contributed by atoms with Crippen LogP contribution in [0.4, 0.5) is 5.69 Å². The molecule has 3 N–H and O–H groups in total. The second-order valence-electron chi connectivity index (χ2n) is 9.04. The first-order valence-corrected chi connectivity index (χ1v) is 11.9. The van der Waals surface area contributed by atoms with Crippen molar-refractivity contribution in [3.63, 3.8) is 0 Å². The van der Waals surface area contributed by atoms with Crippen molar-refractivity contribution < 1.29 is 9.59 Å². The molecule has 6 rings (SSSR count). The number of hydrogen-bond donors (Lipinski definition) is 3. The van der Waals surface area contributed by atoms with E-state index in [-0.39, 0.29) is 17.5 Å². The van der Waals surface area contributed by atoms with Gasteiger partial charge >= 0.3 is 5.69 Å². The number of aromatic amines is 2. The normalized spacial score (nSPS) is 12.9. The molecule has 3 heterocycles. The van der Waals surface area contributed by atoms with E-state index in [1.54, 1.807) is 34.1 Å². The van der Waals surface area contributed by atoms with Crippen molar-refractivity contribution in [2.24, 2.45) is 0 Å². The van der Waals surface area contributed by atoms with Gasteiger partial charge in [0, 0.05) is 29.9 Å². The summed E-state index contributed by atoms with van der Waals surface area (Å²) in [6, 6.07) is 18.4. The maximum Gasteiger partial charge on any atom is 0.323 e. The molecule has 0 unspecified atom stereocenters. The zero-order valence-electron chi connectivity index (χ0n) is 19.8. The van der Waals surface area contributed by atoms with Gasteiger partial charge in [0.2, 0.25) is 0 Å². The highest BCUT2D eigenvalue weighted by Crippen LogP contribution is 2.23. The van der Waals surface area contributed by atoms with Crippen LogP contribution in [0.2, 0.25) is 0 Å². The lowest BCUT2D eigenvalue weighted by atomic mass is 9.96. The number of carbonyl (C=O) groups excluding carboxylic acids is 2. The number of fused-ring (bicyclic) bond motifs is 2. The largest absolute Gasteiger partial charge is 0.334 e. The number of nitrogens with one attached hydrogen (secondary N) is 3. The van der Waals surface area contributed by atoms with Gasteiger partial charge in [-0.3, -0.25) is 9.59 Å². The lowest BCUT2D eigenvalue weighted by Crippen LogP contribution is -2.36. The van der Waals surface area contributed by atoms with Crippen molar-refractivity contribution in [1.82, 2.24) is 29.6 Å². The summed E-state index contributed by atoms with van der Waals surface area (Å²) in [6.45, 7) is 1.60. The van der Waals surface area contributed by atoms with Gasteiger partial charge < -0.3 is 20.2 Å². The third kappa shape index (κ3) is 4.64. The molecule has 10 heteroatoms. The minimum absolute atomic E-state index is 0.115. The van der Waals surface area contributed by atoms with Crippen LogP contribution in [0.5, 0.6) is 0 Å². The number of amides is 2. The number of nitrogens with zero attached hydrogens (tertiary/aromatic N) is 4. The Bertz CT molecular complexity index is 1670. The fourth-order valence-corrected chi connectivity index (χ4v) is 4.62. The average molecular weight is 494 g/mol. The van der Waals surface area contributed by atoms with E-state index in [2.05, 4.69) is 25.4 Å². The lowest BCUT2D eigenvalue weighted by molar-refractivity contribution is 0.0735. The number of aromatic nitrogens is 5. The first-order valence-electron chi connectivity index (χ1n) is 11.9. The summed E-state index contributed by atoms with van der Waals surface area (Å²) in [6.07, 6.45) is 3.86. The summed E-state index contributed by atoms with van der Waals surface area (Å²) >= 11 is 0.